The third-order valence-electron chi connectivity index (χ3n) is 2.90. The van der Waals surface area contributed by atoms with E-state index in [1.165, 1.54) is 6.08 Å². The minimum Gasteiger partial charge on any atom is -0.478 e. The number of carboxylic acids is 1. The standard InChI is InChI=1S/C16H21NO3/c1-4-10-17(12(2)3)16(20)14-7-5-6-13(11-14)8-9-15(18)19/h5-9,11-12H,4,10H2,1-3H3,(H,18,19). The first-order valence-corrected chi connectivity index (χ1v) is 6.77. The van der Waals surface area contributed by atoms with Gasteiger partial charge in [-0.25, -0.2) is 4.79 Å². The van der Waals surface area contributed by atoms with Crippen LogP contribution in [0.5, 0.6) is 0 Å². The Balaban J connectivity index is 2.98. The van der Waals surface area contributed by atoms with Gasteiger partial charge in [0.25, 0.3) is 5.91 Å². The van der Waals surface area contributed by atoms with E-state index in [1.807, 2.05) is 25.7 Å². The van der Waals surface area contributed by atoms with Crippen molar-refractivity contribution in [1.29, 1.82) is 0 Å². The van der Waals surface area contributed by atoms with E-state index in [1.54, 1.807) is 24.3 Å². The maximum Gasteiger partial charge on any atom is 0.328 e. The van der Waals surface area contributed by atoms with Crippen molar-refractivity contribution in [2.45, 2.75) is 33.2 Å². The topological polar surface area (TPSA) is 57.6 Å². The van der Waals surface area contributed by atoms with Crippen LogP contribution in [0.4, 0.5) is 0 Å². The summed E-state index contributed by atoms with van der Waals surface area (Å²) in [7, 11) is 0. The van der Waals surface area contributed by atoms with E-state index in [2.05, 4.69) is 0 Å². The van der Waals surface area contributed by atoms with Gasteiger partial charge in [0.1, 0.15) is 0 Å². The summed E-state index contributed by atoms with van der Waals surface area (Å²) in [6.45, 7) is 6.73. The molecule has 0 heterocycles. The van der Waals surface area contributed by atoms with Gasteiger partial charge in [0.15, 0.2) is 0 Å². The number of benzene rings is 1. The predicted octanol–water partition coefficient (Wildman–Crippen LogP) is 3.05. The summed E-state index contributed by atoms with van der Waals surface area (Å²) in [5, 5.41) is 8.62. The molecule has 0 saturated carbocycles. The van der Waals surface area contributed by atoms with Crippen molar-refractivity contribution < 1.29 is 14.7 Å². The minimum absolute atomic E-state index is 0.0209. The van der Waals surface area contributed by atoms with Crippen LogP contribution in [0.1, 0.15) is 43.1 Å². The summed E-state index contributed by atoms with van der Waals surface area (Å²) in [6, 6.07) is 7.15. The smallest absolute Gasteiger partial charge is 0.328 e. The maximum atomic E-state index is 12.5. The molecule has 0 aromatic heterocycles. The zero-order chi connectivity index (χ0) is 15.1. The van der Waals surface area contributed by atoms with Gasteiger partial charge in [-0.05, 0) is 44.0 Å². The Morgan fingerprint density at radius 1 is 1.35 bits per heavy atom. The lowest BCUT2D eigenvalue weighted by Gasteiger charge is -2.26. The van der Waals surface area contributed by atoms with Gasteiger partial charge >= 0.3 is 5.97 Å². The highest BCUT2D eigenvalue weighted by atomic mass is 16.4. The molecule has 0 aliphatic rings. The summed E-state index contributed by atoms with van der Waals surface area (Å²) in [5.74, 6) is -1.02. The van der Waals surface area contributed by atoms with E-state index >= 15 is 0 Å². The van der Waals surface area contributed by atoms with Crippen molar-refractivity contribution in [3.8, 4) is 0 Å². The Morgan fingerprint density at radius 3 is 2.60 bits per heavy atom. The van der Waals surface area contributed by atoms with E-state index in [4.69, 9.17) is 5.11 Å². The molecule has 0 aliphatic heterocycles. The van der Waals surface area contributed by atoms with Crippen LogP contribution in [0.15, 0.2) is 30.3 Å². The molecule has 1 N–H and O–H groups in total. The van der Waals surface area contributed by atoms with Crippen molar-refractivity contribution in [2.24, 2.45) is 0 Å². The molecule has 0 unspecified atom stereocenters. The highest BCUT2D eigenvalue weighted by molar-refractivity contribution is 5.95. The lowest BCUT2D eigenvalue weighted by Crippen LogP contribution is -2.37. The summed E-state index contributed by atoms with van der Waals surface area (Å²) < 4.78 is 0. The molecule has 0 atom stereocenters. The van der Waals surface area contributed by atoms with Gasteiger partial charge in [-0.15, -0.1) is 0 Å². The summed E-state index contributed by atoms with van der Waals surface area (Å²) in [6.07, 6.45) is 3.46. The molecule has 0 spiro atoms. The predicted molar refractivity (Wildman–Crippen MR) is 79.6 cm³/mol. The second-order valence-electron chi connectivity index (χ2n) is 4.89. The van der Waals surface area contributed by atoms with E-state index < -0.39 is 5.97 Å². The van der Waals surface area contributed by atoms with Crippen LogP contribution in [0.2, 0.25) is 0 Å². The van der Waals surface area contributed by atoms with Gasteiger partial charge in [-0.1, -0.05) is 19.1 Å². The molecule has 1 rings (SSSR count). The fourth-order valence-electron chi connectivity index (χ4n) is 1.94. The van der Waals surface area contributed by atoms with Gasteiger partial charge in [-0.3, -0.25) is 4.79 Å². The van der Waals surface area contributed by atoms with E-state index in [9.17, 15) is 9.59 Å². The second-order valence-corrected chi connectivity index (χ2v) is 4.89. The monoisotopic (exact) mass is 275 g/mol. The zero-order valence-electron chi connectivity index (χ0n) is 12.2. The Hall–Kier alpha value is -2.10. The largest absolute Gasteiger partial charge is 0.478 e. The molecule has 0 saturated heterocycles. The van der Waals surface area contributed by atoms with E-state index in [-0.39, 0.29) is 11.9 Å². The zero-order valence-corrected chi connectivity index (χ0v) is 12.2. The third kappa shape index (κ3) is 4.53. The summed E-state index contributed by atoms with van der Waals surface area (Å²) in [5.41, 5.74) is 1.29. The van der Waals surface area contributed by atoms with Crippen LogP contribution in [-0.2, 0) is 4.79 Å². The van der Waals surface area contributed by atoms with Gasteiger partial charge in [0.05, 0.1) is 0 Å². The molecule has 4 heteroatoms. The van der Waals surface area contributed by atoms with Crippen LogP contribution in [-0.4, -0.2) is 34.5 Å². The fourth-order valence-corrected chi connectivity index (χ4v) is 1.94. The van der Waals surface area contributed by atoms with Gasteiger partial charge < -0.3 is 10.0 Å². The summed E-state index contributed by atoms with van der Waals surface area (Å²) >= 11 is 0. The molecule has 0 radical (unpaired) electrons. The normalized spacial score (nSPS) is 11.0. The van der Waals surface area contributed by atoms with Gasteiger partial charge in [0.2, 0.25) is 0 Å². The number of nitrogens with zero attached hydrogens (tertiary/aromatic N) is 1. The van der Waals surface area contributed by atoms with E-state index in [0.717, 1.165) is 12.5 Å². The van der Waals surface area contributed by atoms with Crippen LogP contribution in [0, 0.1) is 0 Å². The van der Waals surface area contributed by atoms with Crippen molar-refractivity contribution >= 4 is 18.0 Å². The Kier molecular flexibility index (Phi) is 5.97. The molecule has 20 heavy (non-hydrogen) atoms. The minimum atomic E-state index is -1.00. The number of carbonyl (C=O) groups excluding carboxylic acids is 1. The molecule has 108 valence electrons. The van der Waals surface area contributed by atoms with Crippen LogP contribution in [0.3, 0.4) is 0 Å². The Labute approximate surface area is 119 Å². The first-order chi connectivity index (χ1) is 9.45. The highest BCUT2D eigenvalue weighted by Gasteiger charge is 2.17. The SMILES string of the molecule is CCCN(C(=O)c1cccc(C=CC(=O)O)c1)C(C)C. The number of hydrogen-bond donors (Lipinski definition) is 1. The van der Waals surface area contributed by atoms with Crippen molar-refractivity contribution in [1.82, 2.24) is 4.90 Å². The van der Waals surface area contributed by atoms with Crippen LogP contribution >= 0.6 is 0 Å². The molecule has 0 bridgehead atoms. The Bertz CT molecular complexity index is 506. The number of rotatable bonds is 6. The number of amides is 1. The summed E-state index contributed by atoms with van der Waals surface area (Å²) in [4.78, 5) is 24.8. The van der Waals surface area contributed by atoms with Crippen molar-refractivity contribution in [2.75, 3.05) is 6.54 Å². The number of carboxylic acid groups (broad SMARTS) is 1. The second kappa shape index (κ2) is 7.48. The number of aliphatic carboxylic acids is 1. The highest BCUT2D eigenvalue weighted by Crippen LogP contribution is 2.12. The molecular formula is C16H21NO3. The molecule has 4 nitrogen and oxygen atoms in total. The van der Waals surface area contributed by atoms with Gasteiger partial charge in [-0.2, -0.15) is 0 Å². The quantitative estimate of drug-likeness (QED) is 0.812. The van der Waals surface area contributed by atoms with Crippen LogP contribution < -0.4 is 0 Å². The molecule has 1 aromatic carbocycles. The molecule has 1 aromatic rings. The average molecular weight is 275 g/mol. The lowest BCUT2D eigenvalue weighted by molar-refractivity contribution is -0.131. The van der Waals surface area contributed by atoms with Crippen molar-refractivity contribution in [3.63, 3.8) is 0 Å². The lowest BCUT2D eigenvalue weighted by atomic mass is 10.1. The van der Waals surface area contributed by atoms with E-state index in [0.29, 0.717) is 17.7 Å². The molecule has 1 amide bonds. The number of carbonyl (C=O) groups is 2. The molecule has 0 aliphatic carbocycles. The van der Waals surface area contributed by atoms with Crippen LogP contribution in [0.25, 0.3) is 6.08 Å². The van der Waals surface area contributed by atoms with Crippen molar-refractivity contribution in [3.05, 3.63) is 41.5 Å². The third-order valence-corrected chi connectivity index (χ3v) is 2.90. The molecule has 0 fully saturated rings. The average Bonchev–Trinajstić information content (AvgIpc) is 2.41. The number of hydrogen-bond acceptors (Lipinski definition) is 2. The first kappa shape index (κ1) is 16.0. The maximum absolute atomic E-state index is 12.5. The Morgan fingerprint density at radius 2 is 2.05 bits per heavy atom. The first-order valence-electron chi connectivity index (χ1n) is 6.77. The fraction of sp³-hybridized carbons (Fsp3) is 0.375. The molecular weight excluding hydrogens is 254 g/mol. The van der Waals surface area contributed by atoms with Gasteiger partial charge in [0, 0.05) is 24.2 Å².